The Kier molecular flexibility index (Phi) is 5.62. The summed E-state index contributed by atoms with van der Waals surface area (Å²) in [4.78, 5) is 10.9. The van der Waals surface area contributed by atoms with E-state index in [1.165, 1.54) is 6.92 Å². The van der Waals surface area contributed by atoms with Gasteiger partial charge in [0.1, 0.15) is 6.10 Å². The van der Waals surface area contributed by atoms with Crippen molar-refractivity contribution in [2.45, 2.75) is 77.6 Å². The molecule has 0 spiro atoms. The SMILES string of the molecule is CC(=O)OC1CCC(CO[Si](C)(C)C(C)(C)C)CC1. The van der Waals surface area contributed by atoms with Crippen LogP contribution in [0.25, 0.3) is 0 Å². The molecule has 3 nitrogen and oxygen atoms in total. The van der Waals surface area contributed by atoms with Crippen molar-refractivity contribution in [3.05, 3.63) is 0 Å². The Hall–Kier alpha value is -0.353. The molecule has 0 aromatic rings. The number of ether oxygens (including phenoxy) is 1. The molecule has 19 heavy (non-hydrogen) atoms. The fraction of sp³-hybridized carbons (Fsp3) is 0.933. The van der Waals surface area contributed by atoms with E-state index < -0.39 is 8.32 Å². The first-order valence-corrected chi connectivity index (χ1v) is 10.3. The van der Waals surface area contributed by atoms with Crippen molar-refractivity contribution >= 4 is 14.3 Å². The first kappa shape index (κ1) is 16.7. The highest BCUT2D eigenvalue weighted by atomic mass is 28.4. The zero-order valence-corrected chi connectivity index (χ0v) is 14.4. The van der Waals surface area contributed by atoms with Crippen LogP contribution in [0.3, 0.4) is 0 Å². The van der Waals surface area contributed by atoms with Gasteiger partial charge in [-0.2, -0.15) is 0 Å². The van der Waals surface area contributed by atoms with Gasteiger partial charge in [-0.25, -0.2) is 0 Å². The maximum absolute atomic E-state index is 10.9. The molecule has 1 aliphatic carbocycles. The summed E-state index contributed by atoms with van der Waals surface area (Å²) in [5.41, 5.74) is 0. The smallest absolute Gasteiger partial charge is 0.302 e. The average Bonchev–Trinajstić information content (AvgIpc) is 2.26. The number of carbonyl (C=O) groups excluding carboxylic acids is 1. The van der Waals surface area contributed by atoms with Gasteiger partial charge in [-0.1, -0.05) is 20.8 Å². The monoisotopic (exact) mass is 286 g/mol. The molecule has 0 aromatic heterocycles. The summed E-state index contributed by atoms with van der Waals surface area (Å²) >= 11 is 0. The third-order valence-electron chi connectivity index (χ3n) is 4.61. The lowest BCUT2D eigenvalue weighted by Gasteiger charge is -2.38. The van der Waals surface area contributed by atoms with Gasteiger partial charge in [-0.3, -0.25) is 4.79 Å². The third kappa shape index (κ3) is 5.26. The third-order valence-corrected chi connectivity index (χ3v) is 9.11. The molecule has 0 N–H and O–H groups in total. The molecular weight excluding hydrogens is 256 g/mol. The lowest BCUT2D eigenvalue weighted by atomic mass is 9.88. The van der Waals surface area contributed by atoms with E-state index in [2.05, 4.69) is 33.9 Å². The molecule has 0 bridgehead atoms. The van der Waals surface area contributed by atoms with Gasteiger partial charge in [-0.15, -0.1) is 0 Å². The lowest BCUT2D eigenvalue weighted by Crippen LogP contribution is -2.42. The van der Waals surface area contributed by atoms with E-state index in [-0.39, 0.29) is 17.1 Å². The topological polar surface area (TPSA) is 35.5 Å². The van der Waals surface area contributed by atoms with E-state index in [1.807, 2.05) is 0 Å². The van der Waals surface area contributed by atoms with Crippen LogP contribution in [0.2, 0.25) is 18.1 Å². The summed E-state index contributed by atoms with van der Waals surface area (Å²) in [5, 5.41) is 0.280. The molecule has 1 rings (SSSR count). The molecule has 0 amide bonds. The Morgan fingerprint density at radius 3 is 2.11 bits per heavy atom. The van der Waals surface area contributed by atoms with Gasteiger partial charge in [0.25, 0.3) is 0 Å². The first-order chi connectivity index (χ1) is 8.62. The van der Waals surface area contributed by atoms with Gasteiger partial charge in [0.05, 0.1) is 0 Å². The van der Waals surface area contributed by atoms with E-state index in [9.17, 15) is 4.79 Å². The Morgan fingerprint density at radius 1 is 1.16 bits per heavy atom. The maximum Gasteiger partial charge on any atom is 0.302 e. The molecule has 0 atom stereocenters. The quantitative estimate of drug-likeness (QED) is 0.576. The minimum absolute atomic E-state index is 0.140. The standard InChI is InChI=1S/C15H30O3Si/c1-12(16)18-14-9-7-13(8-10-14)11-17-19(5,6)15(2,3)4/h13-14H,7-11H2,1-6H3. The molecule has 4 heteroatoms. The predicted molar refractivity (Wildman–Crippen MR) is 80.7 cm³/mol. The van der Waals surface area contributed by atoms with Crippen LogP contribution in [-0.4, -0.2) is 27.0 Å². The maximum atomic E-state index is 10.9. The molecule has 112 valence electrons. The number of esters is 1. The zero-order chi connectivity index (χ0) is 14.7. The van der Waals surface area contributed by atoms with Gasteiger partial charge in [-0.05, 0) is 49.7 Å². The molecule has 0 aliphatic heterocycles. The summed E-state index contributed by atoms with van der Waals surface area (Å²) in [7, 11) is -1.62. The van der Waals surface area contributed by atoms with Crippen molar-refractivity contribution in [1.82, 2.24) is 0 Å². The molecule has 0 unspecified atom stereocenters. The highest BCUT2D eigenvalue weighted by Gasteiger charge is 2.37. The van der Waals surface area contributed by atoms with Crippen molar-refractivity contribution in [3.8, 4) is 0 Å². The van der Waals surface area contributed by atoms with Gasteiger partial charge in [0.15, 0.2) is 8.32 Å². The second-order valence-corrected chi connectivity index (χ2v) is 12.1. The van der Waals surface area contributed by atoms with Crippen LogP contribution in [-0.2, 0) is 14.0 Å². The highest BCUT2D eigenvalue weighted by Crippen LogP contribution is 2.37. The van der Waals surface area contributed by atoms with Crippen molar-refractivity contribution in [3.63, 3.8) is 0 Å². The van der Waals surface area contributed by atoms with Crippen LogP contribution < -0.4 is 0 Å². The Labute approximate surface area is 119 Å². The van der Waals surface area contributed by atoms with Crippen LogP contribution in [0.5, 0.6) is 0 Å². The van der Waals surface area contributed by atoms with Crippen LogP contribution in [0.15, 0.2) is 0 Å². The van der Waals surface area contributed by atoms with Crippen LogP contribution in [0, 0.1) is 5.92 Å². The van der Waals surface area contributed by atoms with Crippen molar-refractivity contribution in [2.24, 2.45) is 5.92 Å². The summed E-state index contributed by atoms with van der Waals surface area (Å²) in [6.07, 6.45) is 4.36. The molecule has 1 saturated carbocycles. The highest BCUT2D eigenvalue weighted by molar-refractivity contribution is 6.74. The summed E-state index contributed by atoms with van der Waals surface area (Å²) in [6, 6.07) is 0. The van der Waals surface area contributed by atoms with E-state index >= 15 is 0 Å². The second-order valence-electron chi connectivity index (χ2n) is 7.32. The van der Waals surface area contributed by atoms with E-state index in [1.54, 1.807) is 0 Å². The molecule has 1 fully saturated rings. The number of hydrogen-bond donors (Lipinski definition) is 0. The van der Waals surface area contributed by atoms with Crippen molar-refractivity contribution in [1.29, 1.82) is 0 Å². The van der Waals surface area contributed by atoms with Gasteiger partial charge < -0.3 is 9.16 Å². The zero-order valence-electron chi connectivity index (χ0n) is 13.4. The minimum Gasteiger partial charge on any atom is -0.463 e. The molecule has 1 aliphatic rings. The Morgan fingerprint density at radius 2 is 1.68 bits per heavy atom. The molecule has 0 heterocycles. The van der Waals surface area contributed by atoms with Crippen LogP contribution in [0.4, 0.5) is 0 Å². The summed E-state index contributed by atoms with van der Waals surface area (Å²) in [6.45, 7) is 13.8. The summed E-state index contributed by atoms with van der Waals surface area (Å²) < 4.78 is 11.5. The largest absolute Gasteiger partial charge is 0.463 e. The van der Waals surface area contributed by atoms with Crippen LogP contribution >= 0.6 is 0 Å². The molecule has 0 saturated heterocycles. The fourth-order valence-electron chi connectivity index (χ4n) is 2.19. The van der Waals surface area contributed by atoms with E-state index in [4.69, 9.17) is 9.16 Å². The molecule has 0 aromatic carbocycles. The number of carbonyl (C=O) groups is 1. The molecule has 0 radical (unpaired) electrons. The van der Waals surface area contributed by atoms with Crippen molar-refractivity contribution in [2.75, 3.05) is 6.61 Å². The predicted octanol–water partition coefficient (Wildman–Crippen LogP) is 4.13. The Bertz CT molecular complexity index is 299. The fourth-order valence-corrected chi connectivity index (χ4v) is 3.28. The van der Waals surface area contributed by atoms with E-state index in [0.717, 1.165) is 32.3 Å². The van der Waals surface area contributed by atoms with Crippen LogP contribution in [0.1, 0.15) is 53.4 Å². The number of rotatable bonds is 4. The van der Waals surface area contributed by atoms with Gasteiger partial charge >= 0.3 is 5.97 Å². The second kappa shape index (κ2) is 6.40. The first-order valence-electron chi connectivity index (χ1n) is 7.43. The Balaban J connectivity index is 2.32. The normalized spacial score (nSPS) is 25.2. The van der Waals surface area contributed by atoms with Gasteiger partial charge in [0.2, 0.25) is 0 Å². The lowest BCUT2D eigenvalue weighted by molar-refractivity contribution is -0.148. The van der Waals surface area contributed by atoms with Gasteiger partial charge in [0, 0.05) is 13.5 Å². The minimum atomic E-state index is -1.62. The summed E-state index contributed by atoms with van der Waals surface area (Å²) in [5.74, 6) is 0.488. The number of hydrogen-bond acceptors (Lipinski definition) is 3. The molecular formula is C15H30O3Si. The van der Waals surface area contributed by atoms with E-state index in [0.29, 0.717) is 5.92 Å². The van der Waals surface area contributed by atoms with Crippen molar-refractivity contribution < 1.29 is 14.0 Å². The average molecular weight is 286 g/mol.